The minimum Gasteiger partial charge on any atom is -0.435 e. The Morgan fingerprint density at radius 3 is 2.80 bits per heavy atom. The zero-order chi connectivity index (χ0) is 14.5. The molecule has 0 fully saturated rings. The highest BCUT2D eigenvalue weighted by Gasteiger charge is 2.13. The molecule has 1 atom stereocenters. The van der Waals surface area contributed by atoms with Crippen LogP contribution in [0.15, 0.2) is 42.7 Å². The van der Waals surface area contributed by atoms with Crippen LogP contribution in [0.1, 0.15) is 17.2 Å². The van der Waals surface area contributed by atoms with E-state index in [1.54, 1.807) is 24.4 Å². The van der Waals surface area contributed by atoms with Gasteiger partial charge in [0, 0.05) is 18.8 Å². The largest absolute Gasteiger partial charge is 0.435 e. The molecule has 0 bridgehead atoms. The minimum absolute atomic E-state index is 0.0115. The van der Waals surface area contributed by atoms with E-state index in [0.717, 1.165) is 5.56 Å². The number of aromatic nitrogens is 1. The summed E-state index contributed by atoms with van der Waals surface area (Å²) in [5, 5.41) is 10.6. The predicted molar refractivity (Wildman–Crippen MR) is 71.0 cm³/mol. The van der Waals surface area contributed by atoms with E-state index in [4.69, 9.17) is 11.6 Å². The van der Waals surface area contributed by atoms with E-state index in [1.807, 2.05) is 0 Å². The Bertz CT molecular complexity index is 581. The number of nitrogens with zero attached hydrogens (tertiary/aromatic N) is 1. The van der Waals surface area contributed by atoms with E-state index in [-0.39, 0.29) is 12.2 Å². The van der Waals surface area contributed by atoms with E-state index in [9.17, 15) is 13.9 Å². The number of aliphatic hydroxyl groups is 1. The van der Waals surface area contributed by atoms with Gasteiger partial charge in [-0.2, -0.15) is 8.78 Å². The van der Waals surface area contributed by atoms with Crippen molar-refractivity contribution in [3.05, 3.63) is 58.9 Å². The zero-order valence-corrected chi connectivity index (χ0v) is 11.1. The van der Waals surface area contributed by atoms with Crippen molar-refractivity contribution in [2.45, 2.75) is 19.1 Å². The Morgan fingerprint density at radius 1 is 1.30 bits per heavy atom. The van der Waals surface area contributed by atoms with Gasteiger partial charge in [-0.25, -0.2) is 0 Å². The number of pyridine rings is 1. The molecule has 0 aliphatic heterocycles. The summed E-state index contributed by atoms with van der Waals surface area (Å²) in [6.45, 7) is -2.89. The maximum Gasteiger partial charge on any atom is 0.387 e. The Hall–Kier alpha value is -1.72. The van der Waals surface area contributed by atoms with E-state index < -0.39 is 12.7 Å². The fraction of sp³-hybridized carbons (Fsp3) is 0.214. The first-order valence-electron chi connectivity index (χ1n) is 5.87. The maximum atomic E-state index is 12.1. The molecule has 106 valence electrons. The van der Waals surface area contributed by atoms with Crippen molar-refractivity contribution in [1.29, 1.82) is 0 Å². The van der Waals surface area contributed by atoms with Crippen LogP contribution in [-0.2, 0) is 6.42 Å². The molecule has 1 unspecified atom stereocenters. The van der Waals surface area contributed by atoms with Gasteiger partial charge in [0.25, 0.3) is 0 Å². The first-order chi connectivity index (χ1) is 9.56. The fourth-order valence-corrected chi connectivity index (χ4v) is 1.99. The number of halogens is 3. The highest BCUT2D eigenvalue weighted by molar-refractivity contribution is 6.31. The molecule has 20 heavy (non-hydrogen) atoms. The average Bonchev–Trinajstić information content (AvgIpc) is 2.41. The molecule has 1 N–H and O–H groups in total. The molecule has 2 aromatic rings. The highest BCUT2D eigenvalue weighted by atomic mass is 35.5. The molecule has 1 aromatic carbocycles. The second-order valence-corrected chi connectivity index (χ2v) is 4.55. The van der Waals surface area contributed by atoms with Gasteiger partial charge in [-0.3, -0.25) is 4.98 Å². The molecular formula is C14H12ClF2NO2. The Balaban J connectivity index is 2.13. The Morgan fingerprint density at radius 2 is 2.10 bits per heavy atom. The average molecular weight is 300 g/mol. The van der Waals surface area contributed by atoms with Crippen LogP contribution in [0.25, 0.3) is 0 Å². The summed E-state index contributed by atoms with van der Waals surface area (Å²) in [4.78, 5) is 3.85. The summed E-state index contributed by atoms with van der Waals surface area (Å²) in [6, 6.07) is 7.67. The molecule has 1 aromatic heterocycles. The van der Waals surface area contributed by atoms with Crippen molar-refractivity contribution in [3.63, 3.8) is 0 Å². The minimum atomic E-state index is -2.89. The third kappa shape index (κ3) is 3.88. The van der Waals surface area contributed by atoms with Gasteiger partial charge in [-0.15, -0.1) is 0 Å². The van der Waals surface area contributed by atoms with Crippen molar-refractivity contribution in [2.24, 2.45) is 0 Å². The fourth-order valence-electron chi connectivity index (χ4n) is 1.79. The van der Waals surface area contributed by atoms with Crippen LogP contribution in [0, 0.1) is 0 Å². The molecule has 1 heterocycles. The monoisotopic (exact) mass is 299 g/mol. The zero-order valence-electron chi connectivity index (χ0n) is 10.3. The lowest BCUT2D eigenvalue weighted by Gasteiger charge is -2.13. The van der Waals surface area contributed by atoms with Crippen LogP contribution < -0.4 is 4.74 Å². The molecule has 0 amide bonds. The van der Waals surface area contributed by atoms with Crippen molar-refractivity contribution in [1.82, 2.24) is 4.98 Å². The number of alkyl halides is 2. The normalized spacial score (nSPS) is 12.4. The van der Waals surface area contributed by atoms with Crippen LogP contribution in [0.3, 0.4) is 0 Å². The summed E-state index contributed by atoms with van der Waals surface area (Å²) in [5.41, 5.74) is 1.21. The predicted octanol–water partition coefficient (Wildman–Crippen LogP) is 3.61. The lowest BCUT2D eigenvalue weighted by atomic mass is 10.0. The van der Waals surface area contributed by atoms with Gasteiger partial charge in [0.1, 0.15) is 5.75 Å². The van der Waals surface area contributed by atoms with Crippen molar-refractivity contribution >= 4 is 11.6 Å². The van der Waals surface area contributed by atoms with Crippen LogP contribution in [0.5, 0.6) is 5.75 Å². The van der Waals surface area contributed by atoms with E-state index >= 15 is 0 Å². The van der Waals surface area contributed by atoms with Gasteiger partial charge < -0.3 is 9.84 Å². The Kier molecular flexibility index (Phi) is 4.87. The number of ether oxygens (including phenoxy) is 1. The summed E-state index contributed by atoms with van der Waals surface area (Å²) < 4.78 is 28.6. The second kappa shape index (κ2) is 6.63. The quantitative estimate of drug-likeness (QED) is 0.917. The molecule has 0 spiro atoms. The number of rotatable bonds is 5. The smallest absolute Gasteiger partial charge is 0.387 e. The molecule has 6 heteroatoms. The van der Waals surface area contributed by atoms with Crippen molar-refractivity contribution in [2.75, 3.05) is 0 Å². The van der Waals surface area contributed by atoms with Crippen molar-refractivity contribution in [3.8, 4) is 5.75 Å². The number of hydrogen-bond donors (Lipinski definition) is 1. The number of hydrogen-bond acceptors (Lipinski definition) is 3. The van der Waals surface area contributed by atoms with E-state index in [1.165, 1.54) is 18.3 Å². The molecule has 2 rings (SSSR count). The summed E-state index contributed by atoms with van der Waals surface area (Å²) in [5.74, 6) is 0.0115. The van der Waals surface area contributed by atoms with Crippen LogP contribution >= 0.6 is 11.6 Å². The lowest BCUT2D eigenvalue weighted by molar-refractivity contribution is -0.0499. The van der Waals surface area contributed by atoms with Gasteiger partial charge in [-0.1, -0.05) is 23.7 Å². The van der Waals surface area contributed by atoms with Crippen LogP contribution in [0.2, 0.25) is 5.02 Å². The van der Waals surface area contributed by atoms with Gasteiger partial charge in [0.05, 0.1) is 11.1 Å². The molecule has 0 saturated carbocycles. The van der Waals surface area contributed by atoms with Gasteiger partial charge in [0.15, 0.2) is 0 Å². The maximum absolute atomic E-state index is 12.1. The first kappa shape index (κ1) is 14.7. The SMILES string of the molecule is OC(Cc1ccncc1Cl)c1cccc(OC(F)F)c1. The van der Waals surface area contributed by atoms with Gasteiger partial charge >= 0.3 is 6.61 Å². The molecule has 0 aliphatic rings. The molecule has 0 aliphatic carbocycles. The summed E-state index contributed by atoms with van der Waals surface area (Å²) in [6.07, 6.45) is 2.46. The van der Waals surface area contributed by atoms with Crippen LogP contribution in [0.4, 0.5) is 8.78 Å². The van der Waals surface area contributed by atoms with E-state index in [2.05, 4.69) is 9.72 Å². The van der Waals surface area contributed by atoms with Crippen LogP contribution in [-0.4, -0.2) is 16.7 Å². The standard InChI is InChI=1S/C14H12ClF2NO2/c15-12-8-18-5-4-9(12)7-13(19)10-2-1-3-11(6-10)20-14(16)17/h1-6,8,13-14,19H,7H2. The molecule has 0 radical (unpaired) electrons. The molecule has 0 saturated heterocycles. The molecular weight excluding hydrogens is 288 g/mol. The topological polar surface area (TPSA) is 42.4 Å². The van der Waals surface area contributed by atoms with E-state index in [0.29, 0.717) is 10.6 Å². The summed E-state index contributed by atoms with van der Waals surface area (Å²) in [7, 11) is 0. The first-order valence-corrected chi connectivity index (χ1v) is 6.25. The third-order valence-electron chi connectivity index (χ3n) is 2.74. The molecule has 3 nitrogen and oxygen atoms in total. The second-order valence-electron chi connectivity index (χ2n) is 4.14. The van der Waals surface area contributed by atoms with Gasteiger partial charge in [0.2, 0.25) is 0 Å². The highest BCUT2D eigenvalue weighted by Crippen LogP contribution is 2.25. The number of aliphatic hydroxyl groups excluding tert-OH is 1. The summed E-state index contributed by atoms with van der Waals surface area (Å²) >= 11 is 5.96. The number of benzene rings is 1. The van der Waals surface area contributed by atoms with Gasteiger partial charge in [-0.05, 0) is 29.3 Å². The Labute approximate surface area is 119 Å². The lowest BCUT2D eigenvalue weighted by Crippen LogP contribution is -2.05. The third-order valence-corrected chi connectivity index (χ3v) is 3.08. The van der Waals surface area contributed by atoms with Crippen molar-refractivity contribution < 1.29 is 18.6 Å².